The van der Waals surface area contributed by atoms with Gasteiger partial charge in [-0.25, -0.2) is 5.01 Å². The van der Waals surface area contributed by atoms with E-state index < -0.39 is 53.1 Å². The van der Waals surface area contributed by atoms with Crippen molar-refractivity contribution in [2.45, 2.75) is 19.1 Å². The molecule has 168 valence electrons. The highest BCUT2D eigenvalue weighted by molar-refractivity contribution is 5.85. The first-order chi connectivity index (χ1) is 13.1. The lowest BCUT2D eigenvalue weighted by Gasteiger charge is -2.25. The highest BCUT2D eigenvalue weighted by atomic mass is 35.5. The number of rotatable bonds is 7. The highest BCUT2D eigenvalue weighted by Gasteiger charge is 2.21. The molecule has 0 saturated heterocycles. The van der Waals surface area contributed by atoms with E-state index in [0.717, 1.165) is 12.1 Å². The molecule has 0 bridgehead atoms. The Hall–Kier alpha value is -2.83. The van der Waals surface area contributed by atoms with Gasteiger partial charge in [0.1, 0.15) is 6.04 Å². The smallest absolute Gasteiger partial charge is 0.253 e. The number of hydrazine groups is 1. The van der Waals surface area contributed by atoms with Gasteiger partial charge in [0, 0.05) is 24.2 Å². The fourth-order valence-electron chi connectivity index (χ4n) is 2.34. The Kier molecular flexibility index (Phi) is 10.3. The molecule has 0 fully saturated rings. The Labute approximate surface area is 183 Å². The van der Waals surface area contributed by atoms with E-state index in [1.807, 2.05) is 0 Å². The molecule has 1 atom stereocenters. The molecule has 0 aliphatic carbocycles. The molecular weight excluding hydrogens is 445 g/mol. The summed E-state index contributed by atoms with van der Waals surface area (Å²) in [5.41, 5.74) is 8.07. The molecule has 0 aliphatic heterocycles. The van der Waals surface area contributed by atoms with Crippen molar-refractivity contribution in [2.75, 3.05) is 6.61 Å². The average Bonchev–Trinajstić information content (AvgIpc) is 2.67. The molecular formula is C17H23Cl2N3O8. The molecule has 0 heterocycles. The van der Waals surface area contributed by atoms with Crippen LogP contribution >= 0.6 is 24.8 Å². The summed E-state index contributed by atoms with van der Waals surface area (Å²) < 4.78 is 0. The van der Waals surface area contributed by atoms with Crippen LogP contribution in [0.3, 0.4) is 0 Å². The van der Waals surface area contributed by atoms with Crippen molar-refractivity contribution in [3.63, 3.8) is 0 Å². The minimum Gasteiger partial charge on any atom is -0.504 e. The zero-order valence-corrected chi connectivity index (χ0v) is 17.0. The number of phenols is 6. The lowest BCUT2D eigenvalue weighted by Crippen LogP contribution is -2.50. The van der Waals surface area contributed by atoms with Crippen molar-refractivity contribution in [3.8, 4) is 34.5 Å². The predicted octanol–water partition coefficient (Wildman–Crippen LogP) is 0.117. The third-order valence-corrected chi connectivity index (χ3v) is 3.95. The molecule has 30 heavy (non-hydrogen) atoms. The number of amides is 1. The topological polar surface area (TPSA) is 200 Å². The van der Waals surface area contributed by atoms with Crippen LogP contribution in [0, 0.1) is 0 Å². The number of nitrogens with zero attached hydrogens (tertiary/aromatic N) is 1. The van der Waals surface area contributed by atoms with Crippen LogP contribution in [-0.4, -0.2) is 59.3 Å². The van der Waals surface area contributed by atoms with Gasteiger partial charge in [0.25, 0.3) is 5.91 Å². The maximum atomic E-state index is 12.0. The third kappa shape index (κ3) is 6.08. The first-order valence-electron chi connectivity index (χ1n) is 8.03. The largest absolute Gasteiger partial charge is 0.504 e. The number of aliphatic hydroxyl groups excluding tert-OH is 1. The van der Waals surface area contributed by atoms with Crippen molar-refractivity contribution >= 4 is 30.7 Å². The van der Waals surface area contributed by atoms with E-state index >= 15 is 0 Å². The van der Waals surface area contributed by atoms with Gasteiger partial charge in [-0.1, -0.05) is 12.1 Å². The van der Waals surface area contributed by atoms with Crippen LogP contribution in [0.2, 0.25) is 0 Å². The van der Waals surface area contributed by atoms with E-state index in [4.69, 9.17) is 10.8 Å². The summed E-state index contributed by atoms with van der Waals surface area (Å²) in [4.78, 5) is 12.0. The van der Waals surface area contributed by atoms with Gasteiger partial charge in [0.2, 0.25) is 11.5 Å². The van der Waals surface area contributed by atoms with E-state index in [2.05, 4.69) is 5.43 Å². The van der Waals surface area contributed by atoms with E-state index in [9.17, 15) is 35.4 Å². The van der Waals surface area contributed by atoms with Gasteiger partial charge >= 0.3 is 0 Å². The van der Waals surface area contributed by atoms with E-state index in [-0.39, 0.29) is 49.0 Å². The predicted molar refractivity (Wildman–Crippen MR) is 110 cm³/mol. The summed E-state index contributed by atoms with van der Waals surface area (Å²) >= 11 is 0. The lowest BCUT2D eigenvalue weighted by atomic mass is 10.1. The molecule has 13 heteroatoms. The summed E-state index contributed by atoms with van der Waals surface area (Å²) in [5, 5.41) is 68.3. The highest BCUT2D eigenvalue weighted by Crippen LogP contribution is 2.39. The molecule has 10 N–H and O–H groups in total. The number of hydrogen-bond donors (Lipinski definition) is 9. The number of phenolic OH excluding ortho intramolecular Hbond substituents is 6. The summed E-state index contributed by atoms with van der Waals surface area (Å²) in [7, 11) is 0. The van der Waals surface area contributed by atoms with Crippen molar-refractivity contribution in [3.05, 3.63) is 35.4 Å². The Morgan fingerprint density at radius 3 is 1.60 bits per heavy atom. The van der Waals surface area contributed by atoms with Crippen LogP contribution in [0.15, 0.2) is 24.3 Å². The van der Waals surface area contributed by atoms with Crippen LogP contribution in [0.1, 0.15) is 11.1 Å². The minimum atomic E-state index is -1.24. The van der Waals surface area contributed by atoms with Gasteiger partial charge in [0.15, 0.2) is 23.0 Å². The van der Waals surface area contributed by atoms with Gasteiger partial charge < -0.3 is 41.5 Å². The Balaban J connectivity index is 0.00000420. The molecule has 1 amide bonds. The summed E-state index contributed by atoms with van der Waals surface area (Å²) in [5.74, 6) is -4.60. The monoisotopic (exact) mass is 467 g/mol. The number of nitrogens with two attached hydrogens (primary N) is 1. The van der Waals surface area contributed by atoms with Crippen LogP contribution < -0.4 is 11.2 Å². The Bertz CT molecular complexity index is 825. The molecule has 2 aromatic carbocycles. The molecule has 2 aromatic rings. The van der Waals surface area contributed by atoms with Crippen molar-refractivity contribution < 1.29 is 40.5 Å². The number of carbonyl (C=O) groups is 1. The van der Waals surface area contributed by atoms with E-state index in [1.54, 1.807) is 0 Å². The number of nitrogens with one attached hydrogen (secondary N) is 1. The average molecular weight is 468 g/mol. The number of hydrogen-bond acceptors (Lipinski definition) is 10. The normalized spacial score (nSPS) is 11.3. The van der Waals surface area contributed by atoms with Crippen molar-refractivity contribution in [1.29, 1.82) is 0 Å². The molecule has 1 unspecified atom stereocenters. The van der Waals surface area contributed by atoms with Crippen LogP contribution in [0.5, 0.6) is 34.5 Å². The van der Waals surface area contributed by atoms with Gasteiger partial charge in [-0.05, 0) is 12.1 Å². The number of benzene rings is 2. The summed E-state index contributed by atoms with van der Waals surface area (Å²) in [6.45, 7) is -1.06. The second-order valence-corrected chi connectivity index (χ2v) is 6.00. The van der Waals surface area contributed by atoms with Gasteiger partial charge in [-0.15, -0.1) is 24.8 Å². The molecule has 0 spiro atoms. The zero-order valence-electron chi connectivity index (χ0n) is 15.4. The van der Waals surface area contributed by atoms with Gasteiger partial charge in [0.05, 0.1) is 6.61 Å². The van der Waals surface area contributed by atoms with Crippen molar-refractivity contribution in [1.82, 2.24) is 10.4 Å². The molecule has 11 nitrogen and oxygen atoms in total. The van der Waals surface area contributed by atoms with Crippen LogP contribution in [0.4, 0.5) is 0 Å². The van der Waals surface area contributed by atoms with Crippen LogP contribution in [0.25, 0.3) is 0 Å². The maximum Gasteiger partial charge on any atom is 0.253 e. The first kappa shape index (κ1) is 27.2. The quantitative estimate of drug-likeness (QED) is 0.199. The first-order valence-corrected chi connectivity index (χ1v) is 8.03. The number of aromatic hydroxyl groups is 6. The molecule has 0 saturated carbocycles. The van der Waals surface area contributed by atoms with Gasteiger partial charge in [-0.3, -0.25) is 10.2 Å². The molecule has 0 radical (unpaired) electrons. The molecule has 0 aromatic heterocycles. The lowest BCUT2D eigenvalue weighted by molar-refractivity contribution is -0.128. The zero-order chi connectivity index (χ0) is 21.0. The SMILES string of the molecule is Cl.Cl.NC(CO)C(=O)NN(Cc1ccc(O)c(O)c1O)Cc1ccc(O)c(O)c1O. The van der Waals surface area contributed by atoms with E-state index in [1.165, 1.54) is 17.1 Å². The molecule has 2 rings (SSSR count). The minimum absolute atomic E-state index is 0. The third-order valence-electron chi connectivity index (χ3n) is 3.95. The standard InChI is InChI=1S/C17H21N3O8.2ClH/c18-10(7-21)17(28)19-20(5-8-1-3-11(22)15(26)13(8)24)6-9-2-4-12(23)16(27)14(9)25;;/h1-4,10,21-27H,5-7,18H2,(H,19,28);2*1H. The Morgan fingerprint density at radius 1 is 0.833 bits per heavy atom. The fourth-order valence-corrected chi connectivity index (χ4v) is 2.34. The second kappa shape index (κ2) is 11.4. The number of carbonyl (C=O) groups excluding carboxylic acids is 1. The number of halogens is 2. The van der Waals surface area contributed by atoms with Crippen molar-refractivity contribution in [2.24, 2.45) is 5.73 Å². The fraction of sp³-hybridized carbons (Fsp3) is 0.235. The number of aliphatic hydroxyl groups is 1. The second-order valence-electron chi connectivity index (χ2n) is 6.00. The van der Waals surface area contributed by atoms with Crippen LogP contribution in [-0.2, 0) is 17.9 Å². The maximum absolute atomic E-state index is 12.0. The Morgan fingerprint density at radius 2 is 1.23 bits per heavy atom. The summed E-state index contributed by atoms with van der Waals surface area (Å²) in [6.07, 6.45) is 0. The van der Waals surface area contributed by atoms with Gasteiger partial charge in [-0.2, -0.15) is 0 Å². The summed E-state index contributed by atoms with van der Waals surface area (Å²) in [6, 6.07) is 3.61. The van der Waals surface area contributed by atoms with E-state index in [0.29, 0.717) is 0 Å². The molecule has 0 aliphatic rings.